The standard InChI is InChI=1S/C13H21NO4S2/c1-10-7-11(18-3)5-6-12(10)20(16,17)14-8-13(2,15)9-19-4/h5-7,14-15H,8-9H2,1-4H3. The van der Waals surface area contributed by atoms with Gasteiger partial charge in [0, 0.05) is 12.3 Å². The van der Waals surface area contributed by atoms with Gasteiger partial charge in [0.2, 0.25) is 10.0 Å². The Bertz CT molecular complexity index is 555. The molecule has 0 bridgehead atoms. The number of hydrogen-bond donors (Lipinski definition) is 2. The zero-order chi connectivity index (χ0) is 15.4. The highest BCUT2D eigenvalue weighted by molar-refractivity contribution is 7.98. The van der Waals surface area contributed by atoms with Gasteiger partial charge in [-0.3, -0.25) is 0 Å². The Morgan fingerprint density at radius 3 is 2.60 bits per heavy atom. The zero-order valence-corrected chi connectivity index (χ0v) is 13.8. The summed E-state index contributed by atoms with van der Waals surface area (Å²) in [4.78, 5) is 0.193. The second kappa shape index (κ2) is 6.80. The highest BCUT2D eigenvalue weighted by Crippen LogP contribution is 2.21. The molecule has 0 spiro atoms. The minimum absolute atomic E-state index is 0.0261. The molecular formula is C13H21NO4S2. The van der Waals surface area contributed by atoms with Crippen molar-refractivity contribution in [3.8, 4) is 5.75 Å². The van der Waals surface area contributed by atoms with Crippen molar-refractivity contribution in [3.63, 3.8) is 0 Å². The van der Waals surface area contributed by atoms with Crippen LogP contribution in [0.3, 0.4) is 0 Å². The van der Waals surface area contributed by atoms with Crippen molar-refractivity contribution in [2.24, 2.45) is 0 Å². The maximum Gasteiger partial charge on any atom is 0.240 e. The highest BCUT2D eigenvalue weighted by Gasteiger charge is 2.24. The second-order valence-corrected chi connectivity index (χ2v) is 7.49. The molecule has 0 fully saturated rings. The topological polar surface area (TPSA) is 75.6 Å². The van der Waals surface area contributed by atoms with Crippen LogP contribution in [0.15, 0.2) is 23.1 Å². The lowest BCUT2D eigenvalue weighted by Crippen LogP contribution is -2.42. The summed E-state index contributed by atoms with van der Waals surface area (Å²) < 4.78 is 32.0. The fourth-order valence-corrected chi connectivity index (χ4v) is 3.85. The number of aliphatic hydroxyl groups is 1. The molecule has 7 heteroatoms. The van der Waals surface area contributed by atoms with Gasteiger partial charge < -0.3 is 9.84 Å². The largest absolute Gasteiger partial charge is 0.497 e. The summed E-state index contributed by atoms with van der Waals surface area (Å²) in [5.74, 6) is 1.06. The highest BCUT2D eigenvalue weighted by atomic mass is 32.2. The molecule has 0 saturated carbocycles. The van der Waals surface area contributed by atoms with E-state index in [0.717, 1.165) is 0 Å². The summed E-state index contributed by atoms with van der Waals surface area (Å²) in [5.41, 5.74) is -0.478. The lowest BCUT2D eigenvalue weighted by molar-refractivity contribution is 0.0908. The minimum Gasteiger partial charge on any atom is -0.497 e. The summed E-state index contributed by atoms with van der Waals surface area (Å²) in [6.45, 7) is 3.28. The monoisotopic (exact) mass is 319 g/mol. The predicted molar refractivity (Wildman–Crippen MR) is 81.9 cm³/mol. The van der Waals surface area contributed by atoms with E-state index in [1.807, 2.05) is 6.26 Å². The first-order chi connectivity index (χ1) is 9.22. The van der Waals surface area contributed by atoms with E-state index < -0.39 is 15.6 Å². The number of benzene rings is 1. The van der Waals surface area contributed by atoms with E-state index in [4.69, 9.17) is 4.74 Å². The third-order valence-corrected chi connectivity index (χ3v) is 5.24. The van der Waals surface area contributed by atoms with Gasteiger partial charge in [0.15, 0.2) is 0 Å². The molecule has 1 rings (SSSR count). The number of sulfonamides is 1. The molecule has 20 heavy (non-hydrogen) atoms. The summed E-state index contributed by atoms with van der Waals surface area (Å²) >= 11 is 1.46. The van der Waals surface area contributed by atoms with Crippen LogP contribution in [0.1, 0.15) is 12.5 Å². The van der Waals surface area contributed by atoms with Crippen molar-refractivity contribution in [1.29, 1.82) is 0 Å². The Morgan fingerprint density at radius 1 is 1.45 bits per heavy atom. The Kier molecular flexibility index (Phi) is 5.88. The Morgan fingerprint density at radius 2 is 2.10 bits per heavy atom. The summed E-state index contributed by atoms with van der Waals surface area (Å²) in [6, 6.07) is 4.76. The molecule has 1 aromatic carbocycles. The molecule has 0 aliphatic heterocycles. The van der Waals surface area contributed by atoms with E-state index in [1.54, 1.807) is 26.0 Å². The summed E-state index contributed by atoms with van der Waals surface area (Å²) in [5, 5.41) is 10.0. The van der Waals surface area contributed by atoms with Gasteiger partial charge in [-0.2, -0.15) is 11.8 Å². The predicted octanol–water partition coefficient (Wildman–Crippen LogP) is 1.40. The molecule has 0 heterocycles. The van der Waals surface area contributed by atoms with E-state index >= 15 is 0 Å². The fourth-order valence-electron chi connectivity index (χ4n) is 1.74. The molecular weight excluding hydrogens is 298 g/mol. The SMILES string of the molecule is COc1ccc(S(=O)(=O)NCC(C)(O)CSC)c(C)c1. The van der Waals surface area contributed by atoms with Gasteiger partial charge >= 0.3 is 0 Å². The first-order valence-electron chi connectivity index (χ1n) is 6.07. The van der Waals surface area contributed by atoms with Gasteiger partial charge in [-0.1, -0.05) is 0 Å². The van der Waals surface area contributed by atoms with Crippen LogP contribution in [-0.2, 0) is 10.0 Å². The average molecular weight is 319 g/mol. The lowest BCUT2D eigenvalue weighted by Gasteiger charge is -2.22. The molecule has 0 saturated heterocycles. The van der Waals surface area contributed by atoms with Crippen LogP contribution in [0.25, 0.3) is 0 Å². The molecule has 1 atom stereocenters. The zero-order valence-electron chi connectivity index (χ0n) is 12.1. The molecule has 1 unspecified atom stereocenters. The van der Waals surface area contributed by atoms with Crippen LogP contribution < -0.4 is 9.46 Å². The van der Waals surface area contributed by atoms with E-state index in [2.05, 4.69) is 4.72 Å². The smallest absolute Gasteiger partial charge is 0.240 e. The maximum absolute atomic E-state index is 12.2. The Balaban J connectivity index is 2.89. The van der Waals surface area contributed by atoms with Crippen molar-refractivity contribution in [2.75, 3.05) is 25.7 Å². The van der Waals surface area contributed by atoms with Gasteiger partial charge in [-0.25, -0.2) is 13.1 Å². The van der Waals surface area contributed by atoms with Gasteiger partial charge in [0.1, 0.15) is 5.75 Å². The number of aryl methyl sites for hydroxylation is 1. The minimum atomic E-state index is -3.64. The third-order valence-electron chi connectivity index (χ3n) is 2.77. The number of rotatable bonds is 7. The summed E-state index contributed by atoms with van der Waals surface area (Å²) in [6.07, 6.45) is 1.86. The van der Waals surface area contributed by atoms with Crippen molar-refractivity contribution >= 4 is 21.8 Å². The van der Waals surface area contributed by atoms with Crippen LogP contribution in [0.4, 0.5) is 0 Å². The van der Waals surface area contributed by atoms with E-state index in [-0.39, 0.29) is 11.4 Å². The Hall–Kier alpha value is -0.760. The first kappa shape index (κ1) is 17.3. The van der Waals surface area contributed by atoms with Crippen LogP contribution in [-0.4, -0.2) is 44.8 Å². The van der Waals surface area contributed by atoms with Gasteiger partial charge in [-0.15, -0.1) is 0 Å². The number of methoxy groups -OCH3 is 1. The van der Waals surface area contributed by atoms with E-state index in [9.17, 15) is 13.5 Å². The number of ether oxygens (including phenoxy) is 1. The van der Waals surface area contributed by atoms with Crippen molar-refractivity contribution in [1.82, 2.24) is 4.72 Å². The van der Waals surface area contributed by atoms with Crippen molar-refractivity contribution in [2.45, 2.75) is 24.3 Å². The van der Waals surface area contributed by atoms with Crippen LogP contribution in [0.2, 0.25) is 0 Å². The number of thioether (sulfide) groups is 1. The van der Waals surface area contributed by atoms with Crippen LogP contribution >= 0.6 is 11.8 Å². The average Bonchev–Trinajstić information content (AvgIpc) is 2.36. The van der Waals surface area contributed by atoms with E-state index in [1.165, 1.54) is 24.9 Å². The van der Waals surface area contributed by atoms with Crippen molar-refractivity contribution in [3.05, 3.63) is 23.8 Å². The fraction of sp³-hybridized carbons (Fsp3) is 0.538. The number of hydrogen-bond acceptors (Lipinski definition) is 5. The lowest BCUT2D eigenvalue weighted by atomic mass is 10.1. The first-order valence-corrected chi connectivity index (χ1v) is 8.95. The van der Waals surface area contributed by atoms with Gasteiger partial charge in [0.05, 0.1) is 17.6 Å². The van der Waals surface area contributed by atoms with Crippen molar-refractivity contribution < 1.29 is 18.3 Å². The second-order valence-electron chi connectivity index (χ2n) is 4.89. The normalized spacial score (nSPS) is 14.8. The van der Waals surface area contributed by atoms with Gasteiger partial charge in [0.25, 0.3) is 0 Å². The van der Waals surface area contributed by atoms with E-state index in [0.29, 0.717) is 17.1 Å². The molecule has 0 aliphatic carbocycles. The maximum atomic E-state index is 12.2. The summed E-state index contributed by atoms with van der Waals surface area (Å²) in [7, 11) is -2.11. The molecule has 5 nitrogen and oxygen atoms in total. The van der Waals surface area contributed by atoms with Crippen LogP contribution in [0.5, 0.6) is 5.75 Å². The Labute approximate surface area is 124 Å². The quantitative estimate of drug-likeness (QED) is 0.794. The molecule has 2 N–H and O–H groups in total. The molecule has 0 amide bonds. The third kappa shape index (κ3) is 4.66. The number of nitrogens with one attached hydrogen (secondary N) is 1. The molecule has 114 valence electrons. The molecule has 0 aliphatic rings. The van der Waals surface area contributed by atoms with Gasteiger partial charge in [-0.05, 0) is 43.9 Å². The molecule has 0 radical (unpaired) electrons. The van der Waals surface area contributed by atoms with Crippen LogP contribution in [0, 0.1) is 6.92 Å². The molecule has 1 aromatic rings. The molecule has 0 aromatic heterocycles.